The number of fused-ring (bicyclic) bond motifs is 1. The van der Waals surface area contributed by atoms with E-state index in [1.807, 2.05) is 28.8 Å². The number of aromatic nitrogens is 3. The topological polar surface area (TPSA) is 30.2 Å². The van der Waals surface area contributed by atoms with Crippen LogP contribution < -0.4 is 0 Å². The molecule has 0 bridgehead atoms. The summed E-state index contributed by atoms with van der Waals surface area (Å²) in [4.78, 5) is 8.85. The van der Waals surface area contributed by atoms with Gasteiger partial charge in [0.25, 0.3) is 0 Å². The quantitative estimate of drug-likeness (QED) is 0.686. The van der Waals surface area contributed by atoms with Crippen LogP contribution in [0.2, 0.25) is 0 Å². The molecule has 0 aliphatic heterocycles. The standard InChI is InChI=1S/C13H10BrN3/c1-9-12(10-5-3-2-4-6-10)16-13-15-7-11(14)8-17(9)13/h2-8H,1H3. The first-order valence-corrected chi connectivity index (χ1v) is 6.10. The smallest absolute Gasteiger partial charge is 0.234 e. The lowest BCUT2D eigenvalue weighted by Gasteiger charge is -1.98. The summed E-state index contributed by atoms with van der Waals surface area (Å²) in [5.41, 5.74) is 3.20. The van der Waals surface area contributed by atoms with E-state index >= 15 is 0 Å². The summed E-state index contributed by atoms with van der Waals surface area (Å²) >= 11 is 3.42. The van der Waals surface area contributed by atoms with Crippen LogP contribution in [0.1, 0.15) is 5.69 Å². The molecule has 0 atom stereocenters. The van der Waals surface area contributed by atoms with Crippen molar-refractivity contribution in [2.75, 3.05) is 0 Å². The second-order valence-corrected chi connectivity index (χ2v) is 4.77. The summed E-state index contributed by atoms with van der Waals surface area (Å²) in [6.07, 6.45) is 3.74. The molecule has 1 aromatic carbocycles. The molecular weight excluding hydrogens is 278 g/mol. The monoisotopic (exact) mass is 287 g/mol. The number of nitrogens with zero attached hydrogens (tertiary/aromatic N) is 3. The number of aryl methyl sites for hydroxylation is 1. The van der Waals surface area contributed by atoms with Crippen LogP contribution in [0.15, 0.2) is 47.2 Å². The van der Waals surface area contributed by atoms with Gasteiger partial charge in [0.15, 0.2) is 0 Å². The molecule has 2 aromatic heterocycles. The third kappa shape index (κ3) is 1.74. The average molecular weight is 288 g/mol. The van der Waals surface area contributed by atoms with Crippen LogP contribution in [0, 0.1) is 6.92 Å². The Bertz CT molecular complexity index is 674. The number of rotatable bonds is 1. The lowest BCUT2D eigenvalue weighted by Crippen LogP contribution is -1.89. The number of halogens is 1. The summed E-state index contributed by atoms with van der Waals surface area (Å²) in [6.45, 7) is 2.05. The van der Waals surface area contributed by atoms with E-state index in [4.69, 9.17) is 0 Å². The van der Waals surface area contributed by atoms with Gasteiger partial charge in [-0.1, -0.05) is 30.3 Å². The highest BCUT2D eigenvalue weighted by Gasteiger charge is 2.10. The summed E-state index contributed by atoms with van der Waals surface area (Å²) in [7, 11) is 0. The second-order valence-electron chi connectivity index (χ2n) is 3.85. The molecule has 0 spiro atoms. The van der Waals surface area contributed by atoms with E-state index in [-0.39, 0.29) is 0 Å². The fourth-order valence-electron chi connectivity index (χ4n) is 1.89. The molecule has 17 heavy (non-hydrogen) atoms. The number of imidazole rings is 1. The van der Waals surface area contributed by atoms with Gasteiger partial charge in [-0.3, -0.25) is 4.40 Å². The Balaban J connectivity index is 2.28. The molecular formula is C13H10BrN3. The summed E-state index contributed by atoms with van der Waals surface area (Å²) in [5, 5.41) is 0. The molecule has 0 aliphatic rings. The van der Waals surface area contributed by atoms with Gasteiger partial charge in [-0.2, -0.15) is 0 Å². The van der Waals surface area contributed by atoms with E-state index in [1.54, 1.807) is 6.20 Å². The van der Waals surface area contributed by atoms with Gasteiger partial charge in [0.2, 0.25) is 5.78 Å². The van der Waals surface area contributed by atoms with Crippen LogP contribution in [-0.2, 0) is 0 Å². The van der Waals surface area contributed by atoms with Gasteiger partial charge in [0.1, 0.15) is 0 Å². The summed E-state index contributed by atoms with van der Waals surface area (Å²) in [5.74, 6) is 0.726. The van der Waals surface area contributed by atoms with Crippen molar-refractivity contribution in [2.24, 2.45) is 0 Å². The normalized spacial score (nSPS) is 10.9. The molecule has 84 valence electrons. The summed E-state index contributed by atoms with van der Waals surface area (Å²) < 4.78 is 2.94. The highest BCUT2D eigenvalue weighted by molar-refractivity contribution is 9.10. The van der Waals surface area contributed by atoms with E-state index in [1.165, 1.54) is 0 Å². The number of hydrogen-bond donors (Lipinski definition) is 0. The predicted molar refractivity (Wildman–Crippen MR) is 70.9 cm³/mol. The first-order chi connectivity index (χ1) is 8.25. The lowest BCUT2D eigenvalue weighted by atomic mass is 10.1. The molecule has 0 saturated carbocycles. The Labute approximate surface area is 107 Å². The van der Waals surface area contributed by atoms with Crippen LogP contribution in [0.25, 0.3) is 17.0 Å². The van der Waals surface area contributed by atoms with E-state index in [2.05, 4.69) is 45.0 Å². The first kappa shape index (κ1) is 10.5. The fourth-order valence-corrected chi connectivity index (χ4v) is 2.20. The average Bonchev–Trinajstić information content (AvgIpc) is 2.68. The van der Waals surface area contributed by atoms with Crippen LogP contribution in [0.3, 0.4) is 0 Å². The second kappa shape index (κ2) is 3.96. The number of benzene rings is 1. The van der Waals surface area contributed by atoms with Crippen molar-refractivity contribution in [1.29, 1.82) is 0 Å². The van der Waals surface area contributed by atoms with Gasteiger partial charge in [-0.05, 0) is 22.9 Å². The summed E-state index contributed by atoms with van der Waals surface area (Å²) in [6, 6.07) is 10.2. The van der Waals surface area contributed by atoms with Crippen LogP contribution in [0.5, 0.6) is 0 Å². The van der Waals surface area contributed by atoms with Gasteiger partial charge < -0.3 is 0 Å². The Kier molecular flexibility index (Phi) is 2.44. The van der Waals surface area contributed by atoms with Crippen molar-refractivity contribution < 1.29 is 0 Å². The SMILES string of the molecule is Cc1c(-c2ccccc2)nc2ncc(Br)cn12. The molecule has 0 saturated heterocycles. The van der Waals surface area contributed by atoms with Crippen molar-refractivity contribution in [3.63, 3.8) is 0 Å². The van der Waals surface area contributed by atoms with Gasteiger partial charge >= 0.3 is 0 Å². The highest BCUT2D eigenvalue weighted by Crippen LogP contribution is 2.23. The highest BCUT2D eigenvalue weighted by atomic mass is 79.9. The third-order valence-electron chi connectivity index (χ3n) is 2.73. The first-order valence-electron chi connectivity index (χ1n) is 5.31. The minimum Gasteiger partial charge on any atom is -0.287 e. The molecule has 3 aromatic rings. The van der Waals surface area contributed by atoms with Crippen LogP contribution in [-0.4, -0.2) is 14.4 Å². The Hall–Kier alpha value is -1.68. The minimum absolute atomic E-state index is 0.726. The Morgan fingerprint density at radius 3 is 2.71 bits per heavy atom. The maximum atomic E-state index is 4.55. The fraction of sp³-hybridized carbons (Fsp3) is 0.0769. The van der Waals surface area contributed by atoms with E-state index in [0.717, 1.165) is 27.2 Å². The maximum Gasteiger partial charge on any atom is 0.234 e. The molecule has 0 unspecified atom stereocenters. The van der Waals surface area contributed by atoms with Gasteiger partial charge in [-0.25, -0.2) is 9.97 Å². The van der Waals surface area contributed by atoms with Gasteiger partial charge in [0.05, 0.1) is 10.2 Å². The molecule has 3 nitrogen and oxygen atoms in total. The Morgan fingerprint density at radius 2 is 1.94 bits per heavy atom. The van der Waals surface area contributed by atoms with Gasteiger partial charge in [0, 0.05) is 23.7 Å². The van der Waals surface area contributed by atoms with Crippen molar-refractivity contribution in [1.82, 2.24) is 14.4 Å². The van der Waals surface area contributed by atoms with Crippen molar-refractivity contribution in [3.8, 4) is 11.3 Å². The molecule has 0 N–H and O–H groups in total. The zero-order valence-electron chi connectivity index (χ0n) is 9.26. The van der Waals surface area contributed by atoms with E-state index < -0.39 is 0 Å². The van der Waals surface area contributed by atoms with Crippen molar-refractivity contribution in [3.05, 3.63) is 52.9 Å². The van der Waals surface area contributed by atoms with Crippen LogP contribution in [0.4, 0.5) is 0 Å². The molecule has 0 fully saturated rings. The molecule has 0 amide bonds. The maximum absolute atomic E-state index is 4.55. The van der Waals surface area contributed by atoms with Gasteiger partial charge in [-0.15, -0.1) is 0 Å². The molecule has 2 heterocycles. The molecule has 0 radical (unpaired) electrons. The van der Waals surface area contributed by atoms with Crippen molar-refractivity contribution >= 4 is 21.7 Å². The van der Waals surface area contributed by atoms with Crippen molar-refractivity contribution in [2.45, 2.75) is 6.92 Å². The van der Waals surface area contributed by atoms with Crippen LogP contribution >= 0.6 is 15.9 Å². The lowest BCUT2D eigenvalue weighted by molar-refractivity contribution is 1.05. The zero-order chi connectivity index (χ0) is 11.8. The number of hydrogen-bond acceptors (Lipinski definition) is 2. The molecule has 3 rings (SSSR count). The molecule has 4 heteroatoms. The van der Waals surface area contributed by atoms with E-state index in [9.17, 15) is 0 Å². The zero-order valence-corrected chi connectivity index (χ0v) is 10.8. The minimum atomic E-state index is 0.726. The molecule has 0 aliphatic carbocycles. The Morgan fingerprint density at radius 1 is 1.18 bits per heavy atom. The third-order valence-corrected chi connectivity index (χ3v) is 3.14. The largest absolute Gasteiger partial charge is 0.287 e. The predicted octanol–water partition coefficient (Wildman–Crippen LogP) is 3.47. The van der Waals surface area contributed by atoms with E-state index in [0.29, 0.717) is 0 Å².